The molecule has 2 aromatic carbocycles. The Balaban J connectivity index is 1.91. The molecule has 27 heavy (non-hydrogen) atoms. The normalized spacial score (nSPS) is 16.6. The Morgan fingerprint density at radius 1 is 1.07 bits per heavy atom. The zero-order chi connectivity index (χ0) is 19.1. The highest BCUT2D eigenvalue weighted by Gasteiger charge is 2.29. The molecule has 0 radical (unpaired) electrons. The number of hydrogen-bond donors (Lipinski definition) is 0. The minimum atomic E-state index is -0.162. The van der Waals surface area contributed by atoms with Gasteiger partial charge in [-0.3, -0.25) is 9.59 Å². The average Bonchev–Trinajstić information content (AvgIpc) is 2.68. The Bertz CT molecular complexity index is 1080. The fourth-order valence-corrected chi connectivity index (χ4v) is 3.80. The summed E-state index contributed by atoms with van der Waals surface area (Å²) in [5.74, 6) is 0.263. The Hall–Kier alpha value is -2.95. The zero-order valence-electron chi connectivity index (χ0n) is 15.8. The van der Waals surface area contributed by atoms with Crippen LogP contribution in [-0.4, -0.2) is 22.2 Å². The summed E-state index contributed by atoms with van der Waals surface area (Å²) >= 11 is 0. The summed E-state index contributed by atoms with van der Waals surface area (Å²) in [6.45, 7) is 6.63. The number of aromatic nitrogens is 2. The average molecular weight is 361 g/mol. The van der Waals surface area contributed by atoms with Gasteiger partial charge in [-0.15, -0.1) is 0 Å². The van der Waals surface area contributed by atoms with Crippen LogP contribution in [0.2, 0.25) is 0 Å². The molecule has 5 nitrogen and oxygen atoms in total. The smallest absolute Gasteiger partial charge is 0.279 e. The molecule has 138 valence electrons. The highest BCUT2D eigenvalue weighted by molar-refractivity contribution is 6.12. The number of carbonyl (C=O) groups excluding carboxylic acids is 1. The number of rotatable bonds is 2. The third-order valence-corrected chi connectivity index (χ3v) is 5.31. The van der Waals surface area contributed by atoms with Gasteiger partial charge in [0, 0.05) is 17.6 Å². The molecule has 0 spiro atoms. The van der Waals surface area contributed by atoms with Crippen LogP contribution < -0.4 is 10.5 Å². The lowest BCUT2D eigenvalue weighted by atomic mass is 9.91. The van der Waals surface area contributed by atoms with Crippen molar-refractivity contribution in [2.24, 2.45) is 0 Å². The van der Waals surface area contributed by atoms with Crippen LogP contribution >= 0.6 is 0 Å². The first-order valence-electron chi connectivity index (χ1n) is 9.41. The maximum absolute atomic E-state index is 13.5. The van der Waals surface area contributed by atoms with Crippen LogP contribution in [0.5, 0.6) is 0 Å². The van der Waals surface area contributed by atoms with E-state index in [2.05, 4.69) is 18.1 Å². The molecule has 1 unspecified atom stereocenters. The summed E-state index contributed by atoms with van der Waals surface area (Å²) in [6.07, 6.45) is 0.907. The van der Waals surface area contributed by atoms with Gasteiger partial charge in [-0.05, 0) is 43.9 Å². The molecule has 2 heterocycles. The maximum Gasteiger partial charge on any atom is 0.279 e. The second-order valence-electron chi connectivity index (χ2n) is 7.44. The molecule has 0 N–H and O–H groups in total. The van der Waals surface area contributed by atoms with Gasteiger partial charge < -0.3 is 4.90 Å². The predicted octanol–water partition coefficient (Wildman–Crippen LogP) is 4.13. The molecular formula is C22H23N3O2. The van der Waals surface area contributed by atoms with E-state index in [1.807, 2.05) is 44.2 Å². The number of benzene rings is 2. The number of hydrogen-bond acceptors (Lipinski definition) is 3. The molecule has 1 atom stereocenters. The van der Waals surface area contributed by atoms with Crippen LogP contribution in [0.4, 0.5) is 5.69 Å². The van der Waals surface area contributed by atoms with E-state index in [9.17, 15) is 9.59 Å². The molecule has 0 saturated carbocycles. The number of carbonyl (C=O) groups is 1. The topological polar surface area (TPSA) is 55.2 Å². The summed E-state index contributed by atoms with van der Waals surface area (Å²) in [4.78, 5) is 28.1. The van der Waals surface area contributed by atoms with Gasteiger partial charge in [-0.25, -0.2) is 4.68 Å². The lowest BCUT2D eigenvalue weighted by Gasteiger charge is -2.33. The first-order valence-corrected chi connectivity index (χ1v) is 9.41. The molecule has 1 aliphatic rings. The van der Waals surface area contributed by atoms with Crippen LogP contribution in [0.15, 0.2) is 53.3 Å². The van der Waals surface area contributed by atoms with E-state index in [4.69, 9.17) is 0 Å². The highest BCUT2D eigenvalue weighted by Crippen LogP contribution is 2.35. The molecule has 0 fully saturated rings. The molecule has 1 amide bonds. The van der Waals surface area contributed by atoms with Gasteiger partial charge >= 0.3 is 0 Å². The van der Waals surface area contributed by atoms with Gasteiger partial charge in [-0.1, -0.05) is 43.3 Å². The number of fused-ring (bicyclic) bond motifs is 2. The zero-order valence-corrected chi connectivity index (χ0v) is 15.8. The first-order chi connectivity index (χ1) is 13.0. The van der Waals surface area contributed by atoms with Gasteiger partial charge in [-0.2, -0.15) is 5.10 Å². The molecule has 1 aliphatic heterocycles. The maximum atomic E-state index is 13.5. The number of anilines is 1. The van der Waals surface area contributed by atoms with E-state index in [0.717, 1.165) is 12.1 Å². The fraction of sp³-hybridized carbons (Fsp3) is 0.318. The third kappa shape index (κ3) is 2.83. The summed E-state index contributed by atoms with van der Waals surface area (Å²) in [5.41, 5.74) is 2.29. The van der Waals surface area contributed by atoms with Gasteiger partial charge in [0.2, 0.25) is 0 Å². The quantitative estimate of drug-likeness (QED) is 0.689. The monoisotopic (exact) mass is 361 g/mol. The molecule has 0 bridgehead atoms. The highest BCUT2D eigenvalue weighted by atomic mass is 16.2. The van der Waals surface area contributed by atoms with Gasteiger partial charge in [0.05, 0.1) is 11.4 Å². The number of nitrogens with zero attached hydrogens (tertiary/aromatic N) is 3. The van der Waals surface area contributed by atoms with Crippen LogP contribution in [0.3, 0.4) is 0 Å². The standard InChI is InChI=1S/C22H23N3O2/c1-14(2)25-21(26)18-10-5-4-9-17(18)20(23-25)22(27)24-13-12-15(3)16-8-6-7-11-19(16)24/h4-11,14-15H,12-13H2,1-3H3. The summed E-state index contributed by atoms with van der Waals surface area (Å²) in [7, 11) is 0. The van der Waals surface area contributed by atoms with E-state index < -0.39 is 0 Å². The lowest BCUT2D eigenvalue weighted by molar-refractivity contribution is 0.0979. The van der Waals surface area contributed by atoms with E-state index in [0.29, 0.717) is 28.9 Å². The van der Waals surface area contributed by atoms with Gasteiger partial charge in [0.15, 0.2) is 5.69 Å². The summed E-state index contributed by atoms with van der Waals surface area (Å²) < 4.78 is 1.41. The Labute approximate surface area is 158 Å². The van der Waals surface area contributed by atoms with Crippen molar-refractivity contribution in [3.63, 3.8) is 0 Å². The number of para-hydroxylation sites is 1. The van der Waals surface area contributed by atoms with Gasteiger partial charge in [0.25, 0.3) is 11.5 Å². The second kappa shape index (κ2) is 6.65. The van der Waals surface area contributed by atoms with Crippen molar-refractivity contribution in [1.29, 1.82) is 0 Å². The van der Waals surface area contributed by atoms with E-state index in [-0.39, 0.29) is 17.5 Å². The lowest BCUT2D eigenvalue weighted by Crippen LogP contribution is -2.38. The molecule has 3 aromatic rings. The van der Waals surface area contributed by atoms with E-state index in [1.165, 1.54) is 10.2 Å². The Morgan fingerprint density at radius 3 is 2.48 bits per heavy atom. The fourth-order valence-electron chi connectivity index (χ4n) is 3.80. The van der Waals surface area contributed by atoms with Crippen molar-refractivity contribution in [3.8, 4) is 0 Å². The van der Waals surface area contributed by atoms with E-state index >= 15 is 0 Å². The van der Waals surface area contributed by atoms with Crippen molar-refractivity contribution in [2.45, 2.75) is 39.2 Å². The molecule has 0 aliphatic carbocycles. The minimum Gasteiger partial charge on any atom is -0.307 e. The van der Waals surface area contributed by atoms with Crippen molar-refractivity contribution in [1.82, 2.24) is 9.78 Å². The second-order valence-corrected chi connectivity index (χ2v) is 7.44. The number of amides is 1. The third-order valence-electron chi connectivity index (χ3n) is 5.31. The van der Waals surface area contributed by atoms with E-state index in [1.54, 1.807) is 17.0 Å². The largest absolute Gasteiger partial charge is 0.307 e. The van der Waals surface area contributed by atoms with Crippen LogP contribution in [0, 0.1) is 0 Å². The first kappa shape index (κ1) is 17.5. The van der Waals surface area contributed by atoms with Crippen molar-refractivity contribution < 1.29 is 4.79 Å². The molecular weight excluding hydrogens is 338 g/mol. The van der Waals surface area contributed by atoms with Crippen LogP contribution in [-0.2, 0) is 0 Å². The SMILES string of the molecule is CC1CCN(C(=O)c2nn(C(C)C)c(=O)c3ccccc23)c2ccccc21. The minimum absolute atomic E-state index is 0.123. The van der Waals surface area contributed by atoms with Crippen molar-refractivity contribution >= 4 is 22.4 Å². The summed E-state index contributed by atoms with van der Waals surface area (Å²) in [6, 6.07) is 15.1. The Morgan fingerprint density at radius 2 is 1.74 bits per heavy atom. The van der Waals surface area contributed by atoms with Crippen LogP contribution in [0.1, 0.15) is 55.2 Å². The summed E-state index contributed by atoms with van der Waals surface area (Å²) in [5, 5.41) is 5.62. The molecule has 4 rings (SSSR count). The molecule has 1 aromatic heterocycles. The van der Waals surface area contributed by atoms with Crippen molar-refractivity contribution in [2.75, 3.05) is 11.4 Å². The van der Waals surface area contributed by atoms with Gasteiger partial charge in [0.1, 0.15) is 0 Å². The van der Waals surface area contributed by atoms with Crippen molar-refractivity contribution in [3.05, 3.63) is 70.1 Å². The molecule has 5 heteroatoms. The molecule has 0 saturated heterocycles. The predicted molar refractivity (Wildman–Crippen MR) is 108 cm³/mol. The Kier molecular flexibility index (Phi) is 4.30. The van der Waals surface area contributed by atoms with Crippen LogP contribution in [0.25, 0.3) is 10.8 Å².